The number of carbonyl (C=O) groups is 1. The lowest BCUT2D eigenvalue weighted by Gasteiger charge is -2.22. The van der Waals surface area contributed by atoms with Crippen LogP contribution in [0.25, 0.3) is 11.0 Å². The van der Waals surface area contributed by atoms with E-state index in [-0.39, 0.29) is 29.5 Å². The van der Waals surface area contributed by atoms with E-state index in [2.05, 4.69) is 5.32 Å². The molecule has 0 fully saturated rings. The Morgan fingerprint density at radius 2 is 1.80 bits per heavy atom. The SMILES string of the molecule is Cc1ccc(C(NC(=O)Cc2ccc3oc(C(C)(O)c4cc[n+]([O-])cc4F)cc3c2)c2ccc(F)cc2)c(C)c1. The Morgan fingerprint density at radius 3 is 2.50 bits per heavy atom. The van der Waals surface area contributed by atoms with Crippen molar-refractivity contribution in [3.8, 4) is 0 Å². The summed E-state index contributed by atoms with van der Waals surface area (Å²) in [6, 6.07) is 19.6. The van der Waals surface area contributed by atoms with Crippen molar-refractivity contribution in [2.24, 2.45) is 0 Å². The zero-order valence-corrected chi connectivity index (χ0v) is 22.2. The number of carbonyl (C=O) groups excluding carboxylic acids is 1. The fourth-order valence-corrected chi connectivity index (χ4v) is 4.96. The monoisotopic (exact) mass is 542 g/mol. The third-order valence-electron chi connectivity index (χ3n) is 7.08. The van der Waals surface area contributed by atoms with Gasteiger partial charge in [-0.25, -0.2) is 4.39 Å². The number of aromatic nitrogens is 1. The number of amides is 1. The predicted octanol–water partition coefficient (Wildman–Crippen LogP) is 5.67. The lowest BCUT2D eigenvalue weighted by molar-refractivity contribution is -0.607. The predicted molar refractivity (Wildman–Crippen MR) is 146 cm³/mol. The Bertz CT molecular complexity index is 1710. The van der Waals surface area contributed by atoms with Gasteiger partial charge >= 0.3 is 0 Å². The van der Waals surface area contributed by atoms with Crippen LogP contribution < -0.4 is 10.0 Å². The van der Waals surface area contributed by atoms with E-state index >= 15 is 0 Å². The number of rotatable bonds is 7. The molecule has 0 aliphatic rings. The average Bonchev–Trinajstić information content (AvgIpc) is 3.32. The number of nitrogens with zero attached hydrogens (tertiary/aromatic N) is 1. The van der Waals surface area contributed by atoms with Gasteiger partial charge in [-0.05, 0) is 73.4 Å². The molecule has 2 heterocycles. The molecular formula is C32H28F2N2O4. The minimum absolute atomic E-state index is 0.0618. The minimum atomic E-state index is -1.83. The molecule has 204 valence electrons. The van der Waals surface area contributed by atoms with Gasteiger partial charge in [0.1, 0.15) is 22.8 Å². The second-order valence-electron chi connectivity index (χ2n) is 10.2. The second kappa shape index (κ2) is 10.5. The lowest BCUT2D eigenvalue weighted by atomic mass is 9.93. The standard InChI is InChI=1S/C32H28F2N2O4/c1-19-4-10-25(20(2)14-19)31(22-6-8-24(33)9-7-22)35-30(37)16-21-5-11-28-23(15-21)17-29(40-28)32(3,38)26-12-13-36(39)18-27(26)34/h4-15,17-18,31,38H,16H2,1-3H3,(H,35,37). The molecule has 3 aromatic carbocycles. The maximum absolute atomic E-state index is 14.4. The van der Waals surface area contributed by atoms with E-state index in [1.54, 1.807) is 36.4 Å². The zero-order valence-electron chi connectivity index (χ0n) is 22.2. The van der Waals surface area contributed by atoms with Crippen LogP contribution >= 0.6 is 0 Å². The normalized spacial score (nSPS) is 13.7. The Hall–Kier alpha value is -4.56. The summed E-state index contributed by atoms with van der Waals surface area (Å²) < 4.78 is 34.2. The Balaban J connectivity index is 1.40. The van der Waals surface area contributed by atoms with Gasteiger partial charge < -0.3 is 20.0 Å². The molecule has 5 rings (SSSR count). The number of aliphatic hydroxyl groups is 1. The third-order valence-corrected chi connectivity index (χ3v) is 7.08. The highest BCUT2D eigenvalue weighted by atomic mass is 19.1. The Labute approximate surface area is 230 Å². The van der Waals surface area contributed by atoms with Crippen LogP contribution in [0.15, 0.2) is 89.6 Å². The highest BCUT2D eigenvalue weighted by molar-refractivity contribution is 5.83. The topological polar surface area (TPSA) is 89.4 Å². The molecule has 0 spiro atoms. The first-order valence-corrected chi connectivity index (χ1v) is 12.8. The van der Waals surface area contributed by atoms with Crippen LogP contribution in [0.4, 0.5) is 8.78 Å². The first-order valence-electron chi connectivity index (χ1n) is 12.8. The first-order chi connectivity index (χ1) is 19.0. The fourth-order valence-electron chi connectivity index (χ4n) is 4.96. The van der Waals surface area contributed by atoms with Crippen LogP contribution in [0.3, 0.4) is 0 Å². The molecule has 2 N–H and O–H groups in total. The number of hydrogen-bond acceptors (Lipinski definition) is 4. The molecule has 0 bridgehead atoms. The van der Waals surface area contributed by atoms with Crippen LogP contribution in [-0.2, 0) is 16.8 Å². The van der Waals surface area contributed by atoms with Gasteiger partial charge in [-0.2, -0.15) is 9.12 Å². The Kier molecular flexibility index (Phi) is 7.12. The van der Waals surface area contributed by atoms with E-state index in [1.807, 2.05) is 32.0 Å². The number of fused-ring (bicyclic) bond motifs is 1. The number of halogens is 2. The summed E-state index contributed by atoms with van der Waals surface area (Å²) in [5.74, 6) is -1.36. The van der Waals surface area contributed by atoms with E-state index in [9.17, 15) is 23.9 Å². The molecule has 0 aliphatic carbocycles. The molecule has 2 atom stereocenters. The van der Waals surface area contributed by atoms with E-state index in [0.29, 0.717) is 21.3 Å². The van der Waals surface area contributed by atoms with E-state index in [0.717, 1.165) is 34.6 Å². The molecule has 40 heavy (non-hydrogen) atoms. The largest absolute Gasteiger partial charge is 0.619 e. The summed E-state index contributed by atoms with van der Waals surface area (Å²) in [7, 11) is 0. The number of benzene rings is 3. The number of nitrogens with one attached hydrogen (secondary N) is 1. The van der Waals surface area contributed by atoms with Gasteiger partial charge in [-0.15, -0.1) is 0 Å². The number of aryl methyl sites for hydroxylation is 2. The van der Waals surface area contributed by atoms with Gasteiger partial charge in [0.15, 0.2) is 12.0 Å². The number of furan rings is 1. The van der Waals surface area contributed by atoms with Crippen molar-refractivity contribution in [2.45, 2.75) is 38.8 Å². The molecule has 0 saturated carbocycles. The quantitative estimate of drug-likeness (QED) is 0.205. The minimum Gasteiger partial charge on any atom is -0.619 e. The van der Waals surface area contributed by atoms with Gasteiger partial charge in [-0.3, -0.25) is 4.79 Å². The van der Waals surface area contributed by atoms with Crippen LogP contribution in [0.2, 0.25) is 0 Å². The second-order valence-corrected chi connectivity index (χ2v) is 10.2. The van der Waals surface area contributed by atoms with Crippen molar-refractivity contribution >= 4 is 16.9 Å². The maximum Gasteiger partial charge on any atom is 0.225 e. The molecule has 2 aromatic heterocycles. The number of pyridine rings is 1. The molecule has 0 aliphatic heterocycles. The zero-order chi connectivity index (χ0) is 28.6. The van der Waals surface area contributed by atoms with Crippen molar-refractivity contribution in [1.82, 2.24) is 5.32 Å². The third kappa shape index (κ3) is 5.44. The number of hydrogen-bond donors (Lipinski definition) is 2. The van der Waals surface area contributed by atoms with Crippen molar-refractivity contribution < 1.29 is 27.8 Å². The van der Waals surface area contributed by atoms with Crippen molar-refractivity contribution in [2.75, 3.05) is 0 Å². The van der Waals surface area contributed by atoms with Gasteiger partial charge in [0, 0.05) is 17.0 Å². The summed E-state index contributed by atoms with van der Waals surface area (Å²) >= 11 is 0. The molecule has 5 aromatic rings. The van der Waals surface area contributed by atoms with Gasteiger partial charge in [0.05, 0.1) is 12.5 Å². The van der Waals surface area contributed by atoms with Gasteiger partial charge in [-0.1, -0.05) is 42.0 Å². The molecule has 8 heteroatoms. The smallest absolute Gasteiger partial charge is 0.225 e. The van der Waals surface area contributed by atoms with Crippen LogP contribution in [0.5, 0.6) is 0 Å². The van der Waals surface area contributed by atoms with Crippen LogP contribution in [0.1, 0.15) is 52.1 Å². The fraction of sp³-hybridized carbons (Fsp3) is 0.188. The highest BCUT2D eigenvalue weighted by Crippen LogP contribution is 2.34. The molecule has 0 saturated heterocycles. The lowest BCUT2D eigenvalue weighted by Crippen LogP contribution is -2.31. The van der Waals surface area contributed by atoms with Crippen molar-refractivity contribution in [3.05, 3.63) is 141 Å². The van der Waals surface area contributed by atoms with E-state index in [1.165, 1.54) is 25.1 Å². The molecule has 6 nitrogen and oxygen atoms in total. The van der Waals surface area contributed by atoms with Crippen molar-refractivity contribution in [3.63, 3.8) is 0 Å². The van der Waals surface area contributed by atoms with Crippen LogP contribution in [-0.4, -0.2) is 11.0 Å². The van der Waals surface area contributed by atoms with Gasteiger partial charge in [0.2, 0.25) is 12.1 Å². The summed E-state index contributed by atoms with van der Waals surface area (Å²) in [5, 5.41) is 26.2. The molecule has 2 unspecified atom stereocenters. The summed E-state index contributed by atoms with van der Waals surface area (Å²) in [5.41, 5.74) is 3.01. The maximum atomic E-state index is 14.4. The van der Waals surface area contributed by atoms with Crippen molar-refractivity contribution in [1.29, 1.82) is 0 Å². The van der Waals surface area contributed by atoms with E-state index < -0.39 is 17.5 Å². The molecule has 0 radical (unpaired) electrons. The summed E-state index contributed by atoms with van der Waals surface area (Å²) in [4.78, 5) is 13.2. The van der Waals surface area contributed by atoms with Gasteiger partial charge in [0.25, 0.3) is 0 Å². The summed E-state index contributed by atoms with van der Waals surface area (Å²) in [6.45, 7) is 5.36. The average molecular weight is 543 g/mol. The first kappa shape index (κ1) is 27.0. The highest BCUT2D eigenvalue weighted by Gasteiger charge is 2.34. The van der Waals surface area contributed by atoms with E-state index in [4.69, 9.17) is 4.42 Å². The molecular weight excluding hydrogens is 514 g/mol. The van der Waals surface area contributed by atoms with Crippen LogP contribution in [0, 0.1) is 30.7 Å². The Morgan fingerprint density at radius 1 is 1.05 bits per heavy atom. The summed E-state index contributed by atoms with van der Waals surface area (Å²) in [6.07, 6.45) is 1.90. The molecule has 1 amide bonds.